The first-order valence-corrected chi connectivity index (χ1v) is 16.1. The number of aromatic nitrogens is 1. The van der Waals surface area contributed by atoms with Crippen molar-refractivity contribution in [1.29, 1.82) is 5.41 Å². The van der Waals surface area contributed by atoms with Crippen LogP contribution in [-0.2, 0) is 4.74 Å². The van der Waals surface area contributed by atoms with Crippen LogP contribution in [0.1, 0.15) is 18.4 Å². The van der Waals surface area contributed by atoms with E-state index in [1.807, 2.05) is 6.08 Å². The Morgan fingerprint density at radius 3 is 2.65 bits per heavy atom. The number of pyridine rings is 1. The van der Waals surface area contributed by atoms with Crippen LogP contribution in [0.4, 0.5) is 14.6 Å². The molecule has 2 atom stereocenters. The van der Waals surface area contributed by atoms with Gasteiger partial charge in [0.1, 0.15) is 0 Å². The summed E-state index contributed by atoms with van der Waals surface area (Å²) in [4.78, 5) is 11.1. The van der Waals surface area contributed by atoms with Gasteiger partial charge < -0.3 is 0 Å². The number of nitrogen functional groups attached to an aromatic ring is 1. The van der Waals surface area contributed by atoms with E-state index in [0.717, 1.165) is 26.3 Å². The molecule has 1 saturated heterocycles. The molecule has 0 aromatic carbocycles. The van der Waals surface area contributed by atoms with Crippen LogP contribution in [0.3, 0.4) is 0 Å². The molecule has 0 bridgehead atoms. The van der Waals surface area contributed by atoms with Gasteiger partial charge in [-0.05, 0) is 0 Å². The summed E-state index contributed by atoms with van der Waals surface area (Å²) in [6.45, 7) is 0.740. The van der Waals surface area contributed by atoms with Gasteiger partial charge in [-0.15, -0.1) is 0 Å². The Morgan fingerprint density at radius 1 is 1.35 bits per heavy atom. The molecule has 2 unspecified atom stereocenters. The van der Waals surface area contributed by atoms with Crippen LogP contribution in [0.15, 0.2) is 24.0 Å². The van der Waals surface area contributed by atoms with Crippen LogP contribution < -0.4 is 14.0 Å². The van der Waals surface area contributed by atoms with Gasteiger partial charge >= 0.3 is 189 Å². The summed E-state index contributed by atoms with van der Waals surface area (Å²) in [6, 6.07) is 2.03. The maximum absolute atomic E-state index is 12.6. The average Bonchev–Trinajstić information content (AvgIpc) is 3.22. The second-order valence-electron chi connectivity index (χ2n) is 8.59. The van der Waals surface area contributed by atoms with Crippen LogP contribution in [0.25, 0.3) is 0 Å². The number of nitrogens with one attached hydrogen (secondary N) is 1. The summed E-state index contributed by atoms with van der Waals surface area (Å²) in [5.74, 6) is 1.58. The van der Waals surface area contributed by atoms with Crippen molar-refractivity contribution < 1.29 is 21.8 Å². The number of rotatable bonds is 8. The number of fused-ring (bicyclic) bond motifs is 1. The Morgan fingerprint density at radius 2 is 2.03 bits per heavy atom. The van der Waals surface area contributed by atoms with Gasteiger partial charge in [0.2, 0.25) is 0 Å². The van der Waals surface area contributed by atoms with E-state index in [0.29, 0.717) is 29.4 Å². The van der Waals surface area contributed by atoms with Crippen LogP contribution in [0.2, 0.25) is 0 Å². The van der Waals surface area contributed by atoms with Crippen molar-refractivity contribution in [2.75, 3.05) is 41.9 Å². The third kappa shape index (κ3) is 5.35. The zero-order valence-corrected chi connectivity index (χ0v) is 20.0. The molecule has 1 aromatic rings. The number of nitrogens with two attached hydrogens (primary N) is 2. The van der Waals surface area contributed by atoms with Crippen molar-refractivity contribution in [3.05, 3.63) is 29.6 Å². The Hall–Kier alpha value is -1.37. The minimum absolute atomic E-state index is 0.103. The summed E-state index contributed by atoms with van der Waals surface area (Å²) < 4.78 is 37.5. The quantitative estimate of drug-likeness (QED) is 0.199. The fourth-order valence-corrected chi connectivity index (χ4v) is 7.08. The molecular formula is C21H31F2IN5O2+. The number of nitrogens with zero attached hydrogens (tertiary/aromatic N) is 2. The molecule has 1 aromatic heterocycles. The van der Waals surface area contributed by atoms with Crippen molar-refractivity contribution in [2.45, 2.75) is 25.5 Å². The van der Waals surface area contributed by atoms with E-state index in [4.69, 9.17) is 15.9 Å². The van der Waals surface area contributed by atoms with Gasteiger partial charge in [-0.25, -0.2) is 0 Å². The van der Waals surface area contributed by atoms with Gasteiger partial charge in [-0.2, -0.15) is 0 Å². The number of halogens is 3. The monoisotopic (exact) mass is 550 g/mol. The molecule has 7 nitrogen and oxygen atoms in total. The topological polar surface area (TPSA) is 101 Å². The molecular weight excluding hydrogens is 519 g/mol. The number of quaternary nitrogens is 1. The molecule has 2 aliphatic carbocycles. The zero-order valence-electron chi connectivity index (χ0n) is 17.9. The van der Waals surface area contributed by atoms with Crippen LogP contribution >= 0.6 is 20.1 Å². The third-order valence-corrected chi connectivity index (χ3v) is 8.40. The third-order valence-electron chi connectivity index (χ3n) is 6.43. The number of morpholine rings is 1. The maximum atomic E-state index is 12.6. The first kappa shape index (κ1) is 22.8. The normalized spacial score (nSPS) is 29.1. The minimum atomic E-state index is -2.98. The Labute approximate surface area is 189 Å². The zero-order chi connectivity index (χ0) is 22.1. The molecule has 172 valence electrons. The number of ether oxygens (including phenoxy) is 2. The molecule has 2 saturated carbocycles. The SMILES string of the molecule is CI(C)[NH2+]C(=CC(=N)c1cnc(N)c(OC(F)F)c1)C1C2CC(N3CCOCC3)CC21. The summed E-state index contributed by atoms with van der Waals surface area (Å²) in [6.07, 6.45) is 5.78. The van der Waals surface area contributed by atoms with Gasteiger partial charge in [-0.3, -0.25) is 0 Å². The van der Waals surface area contributed by atoms with E-state index in [2.05, 4.69) is 28.0 Å². The van der Waals surface area contributed by atoms with Gasteiger partial charge in [0, 0.05) is 0 Å². The molecule has 4 rings (SSSR count). The average molecular weight is 550 g/mol. The van der Waals surface area contributed by atoms with Crippen molar-refractivity contribution in [1.82, 2.24) is 9.88 Å². The molecule has 0 amide bonds. The van der Waals surface area contributed by atoms with Crippen molar-refractivity contribution >= 4 is 31.6 Å². The summed E-state index contributed by atoms with van der Waals surface area (Å²) in [7, 11) is 0. The van der Waals surface area contributed by atoms with Crippen LogP contribution in [0, 0.1) is 23.2 Å². The van der Waals surface area contributed by atoms with Crippen molar-refractivity contribution in [2.24, 2.45) is 17.8 Å². The van der Waals surface area contributed by atoms with E-state index >= 15 is 0 Å². The first-order chi connectivity index (χ1) is 14.8. The molecule has 10 heteroatoms. The molecule has 2 heterocycles. The second kappa shape index (κ2) is 9.63. The Kier molecular flexibility index (Phi) is 7.09. The summed E-state index contributed by atoms with van der Waals surface area (Å²) in [5, 5.41) is 8.56. The number of alkyl halides is 4. The van der Waals surface area contributed by atoms with Gasteiger partial charge in [-0.1, -0.05) is 0 Å². The van der Waals surface area contributed by atoms with E-state index in [-0.39, 0.29) is 17.3 Å². The summed E-state index contributed by atoms with van der Waals surface area (Å²) in [5.41, 5.74) is 7.56. The predicted molar refractivity (Wildman–Crippen MR) is 124 cm³/mol. The summed E-state index contributed by atoms with van der Waals surface area (Å²) >= 11 is -1.17. The number of anilines is 1. The van der Waals surface area contributed by atoms with E-state index in [9.17, 15) is 8.78 Å². The fourth-order valence-electron chi connectivity index (χ4n) is 5.04. The van der Waals surface area contributed by atoms with Gasteiger partial charge in [0.05, 0.1) is 0 Å². The van der Waals surface area contributed by atoms with E-state index in [1.54, 1.807) is 0 Å². The molecule has 3 fully saturated rings. The van der Waals surface area contributed by atoms with Gasteiger partial charge in [0.15, 0.2) is 0 Å². The van der Waals surface area contributed by atoms with Crippen molar-refractivity contribution in [3.8, 4) is 5.75 Å². The fraction of sp³-hybridized carbons (Fsp3) is 0.619. The Balaban J connectivity index is 1.46. The molecule has 0 spiro atoms. The molecule has 31 heavy (non-hydrogen) atoms. The predicted octanol–water partition coefficient (Wildman–Crippen LogP) is 2.12. The Bertz CT molecular complexity index is 835. The number of hydrogen-bond donors (Lipinski definition) is 3. The second-order valence-corrected chi connectivity index (χ2v) is 13.9. The van der Waals surface area contributed by atoms with Gasteiger partial charge in [0.25, 0.3) is 0 Å². The number of hydrogen-bond acceptors (Lipinski definition) is 6. The molecule has 5 N–H and O–H groups in total. The van der Waals surface area contributed by atoms with Crippen LogP contribution in [0.5, 0.6) is 5.75 Å². The van der Waals surface area contributed by atoms with E-state index in [1.165, 1.54) is 30.8 Å². The van der Waals surface area contributed by atoms with Crippen LogP contribution in [-0.4, -0.2) is 64.4 Å². The molecule has 3 aliphatic rings. The van der Waals surface area contributed by atoms with Crippen molar-refractivity contribution in [3.63, 3.8) is 0 Å². The molecule has 0 radical (unpaired) electrons. The molecule has 1 aliphatic heterocycles. The number of allylic oxidation sites excluding steroid dienone is 2. The first-order valence-electron chi connectivity index (χ1n) is 10.5. The standard InChI is InChI=1S/C21H30F2IN5O2/c1-24(2)28-17(10-16(25)12-7-18(31-21(22)23)20(26)27-11-12)19-14-8-13(9-15(14)19)29-3-5-30-6-4-29/h7,10-11,13-15,19,21,25,28H,3-6,8-9H2,1-2H3,(H2,26,27)/p+1. The van der Waals surface area contributed by atoms with E-state index < -0.39 is 26.7 Å².